The molecule has 5 heteroatoms. The first kappa shape index (κ1) is 21.6. The molecule has 0 unspecified atom stereocenters. The molecule has 4 rings (SSSR count). The molecule has 1 aromatic heterocycles. The molecule has 3 aromatic carbocycles. The minimum absolute atomic E-state index is 0.134. The molecule has 0 bridgehead atoms. The average Bonchev–Trinajstić information content (AvgIpc) is 3.12. The molecular formula is C27H27NO4. The van der Waals surface area contributed by atoms with Crippen molar-refractivity contribution in [2.45, 2.75) is 39.8 Å². The number of hydrogen-bond donors (Lipinski definition) is 0. The van der Waals surface area contributed by atoms with Gasteiger partial charge in [-0.3, -0.25) is 4.79 Å². The molecule has 0 spiro atoms. The number of fused-ring (bicyclic) bond motifs is 3. The second-order valence-corrected chi connectivity index (χ2v) is 8.93. The summed E-state index contributed by atoms with van der Waals surface area (Å²) in [5, 5.41) is 2.83. The molecule has 1 amide bonds. The number of esters is 1. The largest absolute Gasteiger partial charge is 0.450 e. The molecule has 1 heterocycles. The Morgan fingerprint density at radius 1 is 0.906 bits per heavy atom. The minimum atomic E-state index is -0.635. The van der Waals surface area contributed by atoms with Crippen molar-refractivity contribution in [2.75, 3.05) is 6.61 Å². The molecule has 0 saturated heterocycles. The van der Waals surface area contributed by atoms with Gasteiger partial charge in [0, 0.05) is 28.4 Å². The maximum absolute atomic E-state index is 13.0. The van der Waals surface area contributed by atoms with E-state index in [1.54, 1.807) is 4.90 Å². The molecule has 0 radical (unpaired) electrons. The second kappa shape index (κ2) is 8.50. The lowest BCUT2D eigenvalue weighted by Gasteiger charge is -2.35. The van der Waals surface area contributed by atoms with Crippen LogP contribution in [0.15, 0.2) is 71.1 Å². The predicted molar refractivity (Wildman–Crippen MR) is 125 cm³/mol. The van der Waals surface area contributed by atoms with E-state index in [1.807, 2.05) is 94.4 Å². The Morgan fingerprint density at radius 2 is 1.59 bits per heavy atom. The number of rotatable bonds is 5. The van der Waals surface area contributed by atoms with Gasteiger partial charge >= 0.3 is 5.97 Å². The predicted octanol–water partition coefficient (Wildman–Crippen LogP) is 5.88. The van der Waals surface area contributed by atoms with Crippen LogP contribution < -0.4 is 0 Å². The van der Waals surface area contributed by atoms with Gasteiger partial charge in [0.15, 0.2) is 6.61 Å². The SMILES string of the molecule is Cc1c(C(=O)OCC(=O)N(Cc2ccccc2)C(C)(C)C)oc2c1ccc1ccccc12. The lowest BCUT2D eigenvalue weighted by molar-refractivity contribution is -0.140. The number of aryl methyl sites for hydroxylation is 1. The Kier molecular flexibility index (Phi) is 5.74. The fourth-order valence-corrected chi connectivity index (χ4v) is 3.88. The fourth-order valence-electron chi connectivity index (χ4n) is 3.88. The summed E-state index contributed by atoms with van der Waals surface area (Å²) >= 11 is 0. The summed E-state index contributed by atoms with van der Waals surface area (Å²) < 4.78 is 11.3. The van der Waals surface area contributed by atoms with Crippen LogP contribution >= 0.6 is 0 Å². The van der Waals surface area contributed by atoms with Crippen LogP contribution in [0, 0.1) is 6.92 Å². The van der Waals surface area contributed by atoms with E-state index >= 15 is 0 Å². The highest BCUT2D eigenvalue weighted by Crippen LogP contribution is 2.32. The first-order valence-electron chi connectivity index (χ1n) is 10.7. The molecule has 164 valence electrons. The van der Waals surface area contributed by atoms with Crippen LogP contribution in [0.2, 0.25) is 0 Å². The van der Waals surface area contributed by atoms with Crippen molar-refractivity contribution < 1.29 is 18.7 Å². The van der Waals surface area contributed by atoms with Gasteiger partial charge in [-0.05, 0) is 38.6 Å². The van der Waals surface area contributed by atoms with E-state index in [0.29, 0.717) is 17.7 Å². The smallest absolute Gasteiger partial charge is 0.375 e. The monoisotopic (exact) mass is 429 g/mol. The average molecular weight is 430 g/mol. The van der Waals surface area contributed by atoms with Gasteiger partial charge in [-0.2, -0.15) is 0 Å². The van der Waals surface area contributed by atoms with E-state index in [0.717, 1.165) is 21.7 Å². The summed E-state index contributed by atoms with van der Waals surface area (Å²) in [5.74, 6) is -0.756. The molecule has 0 fully saturated rings. The molecule has 32 heavy (non-hydrogen) atoms. The zero-order chi connectivity index (χ0) is 22.9. The number of carbonyl (C=O) groups is 2. The summed E-state index contributed by atoms with van der Waals surface area (Å²) in [7, 11) is 0. The Bertz CT molecular complexity index is 1280. The van der Waals surface area contributed by atoms with Gasteiger partial charge in [0.1, 0.15) is 5.58 Å². The van der Waals surface area contributed by atoms with Gasteiger partial charge in [-0.25, -0.2) is 4.79 Å². The summed E-state index contributed by atoms with van der Waals surface area (Å²) in [4.78, 5) is 27.5. The second-order valence-electron chi connectivity index (χ2n) is 8.93. The lowest BCUT2D eigenvalue weighted by atomic mass is 10.0. The van der Waals surface area contributed by atoms with E-state index < -0.39 is 11.5 Å². The van der Waals surface area contributed by atoms with Gasteiger partial charge < -0.3 is 14.1 Å². The third-order valence-electron chi connectivity index (χ3n) is 5.63. The van der Waals surface area contributed by atoms with E-state index in [-0.39, 0.29) is 18.3 Å². The highest BCUT2D eigenvalue weighted by atomic mass is 16.5. The van der Waals surface area contributed by atoms with Crippen LogP contribution in [0.25, 0.3) is 21.7 Å². The zero-order valence-electron chi connectivity index (χ0n) is 18.8. The third kappa shape index (κ3) is 4.24. The summed E-state index contributed by atoms with van der Waals surface area (Å²) in [6, 6.07) is 21.6. The van der Waals surface area contributed by atoms with Crippen molar-refractivity contribution in [1.29, 1.82) is 0 Å². The lowest BCUT2D eigenvalue weighted by Crippen LogP contribution is -2.46. The molecular weight excluding hydrogens is 402 g/mol. The van der Waals surface area contributed by atoms with Gasteiger partial charge in [0.2, 0.25) is 5.76 Å². The number of amides is 1. The molecule has 0 N–H and O–H groups in total. The van der Waals surface area contributed by atoms with Crippen molar-refractivity contribution in [3.8, 4) is 0 Å². The van der Waals surface area contributed by atoms with E-state index in [4.69, 9.17) is 9.15 Å². The zero-order valence-corrected chi connectivity index (χ0v) is 18.8. The Morgan fingerprint density at radius 3 is 2.31 bits per heavy atom. The van der Waals surface area contributed by atoms with Gasteiger partial charge in [0.05, 0.1) is 0 Å². The maximum Gasteiger partial charge on any atom is 0.375 e. The molecule has 5 nitrogen and oxygen atoms in total. The van der Waals surface area contributed by atoms with E-state index in [9.17, 15) is 9.59 Å². The molecule has 0 aliphatic heterocycles. The highest BCUT2D eigenvalue weighted by Gasteiger charge is 2.28. The molecule has 0 atom stereocenters. The summed E-state index contributed by atoms with van der Waals surface area (Å²) in [6.45, 7) is 7.81. The van der Waals surface area contributed by atoms with Crippen LogP contribution in [0.4, 0.5) is 0 Å². The standard InChI is InChI=1S/C27H27NO4/c1-18-21-15-14-20-12-8-9-13-22(20)25(21)32-24(18)26(30)31-17-23(29)28(27(2,3)4)16-19-10-6-5-7-11-19/h5-15H,16-17H2,1-4H3. The topological polar surface area (TPSA) is 59.8 Å². The quantitative estimate of drug-likeness (QED) is 0.372. The van der Waals surface area contributed by atoms with Gasteiger partial charge in [-0.1, -0.05) is 66.7 Å². The normalized spacial score (nSPS) is 11.6. The highest BCUT2D eigenvalue weighted by molar-refractivity contribution is 6.08. The van der Waals surface area contributed by atoms with Crippen molar-refractivity contribution in [3.63, 3.8) is 0 Å². The van der Waals surface area contributed by atoms with E-state index in [2.05, 4.69) is 0 Å². The van der Waals surface area contributed by atoms with Crippen LogP contribution in [0.1, 0.15) is 42.5 Å². The Hall–Kier alpha value is -3.60. The molecule has 0 aliphatic rings. The number of nitrogens with zero attached hydrogens (tertiary/aromatic N) is 1. The van der Waals surface area contributed by atoms with Crippen LogP contribution in [0.3, 0.4) is 0 Å². The summed E-state index contributed by atoms with van der Waals surface area (Å²) in [5.41, 5.74) is 1.95. The Balaban J connectivity index is 1.53. The third-order valence-corrected chi connectivity index (χ3v) is 5.63. The van der Waals surface area contributed by atoms with Gasteiger partial charge in [0.25, 0.3) is 5.91 Å². The summed E-state index contributed by atoms with van der Waals surface area (Å²) in [6.07, 6.45) is 0. The molecule has 4 aromatic rings. The van der Waals surface area contributed by atoms with Gasteiger partial charge in [-0.15, -0.1) is 0 Å². The number of furan rings is 1. The number of carbonyl (C=O) groups excluding carboxylic acids is 2. The number of ether oxygens (including phenoxy) is 1. The van der Waals surface area contributed by atoms with E-state index in [1.165, 1.54) is 0 Å². The van der Waals surface area contributed by atoms with Crippen LogP contribution in [0.5, 0.6) is 0 Å². The first-order valence-corrected chi connectivity index (χ1v) is 10.7. The molecule has 0 saturated carbocycles. The number of benzene rings is 3. The maximum atomic E-state index is 13.0. The Labute approximate surface area is 187 Å². The molecule has 0 aliphatic carbocycles. The van der Waals surface area contributed by atoms with Crippen molar-refractivity contribution in [1.82, 2.24) is 4.90 Å². The fraction of sp³-hybridized carbons (Fsp3) is 0.259. The van der Waals surface area contributed by atoms with Crippen molar-refractivity contribution >= 4 is 33.6 Å². The van der Waals surface area contributed by atoms with Crippen molar-refractivity contribution in [2.24, 2.45) is 0 Å². The van der Waals surface area contributed by atoms with Crippen molar-refractivity contribution in [3.05, 3.63) is 83.6 Å². The van der Waals surface area contributed by atoms with Crippen LogP contribution in [-0.4, -0.2) is 28.9 Å². The number of hydrogen-bond acceptors (Lipinski definition) is 4. The van der Waals surface area contributed by atoms with Crippen LogP contribution in [-0.2, 0) is 16.1 Å². The first-order chi connectivity index (χ1) is 15.3. The minimum Gasteiger partial charge on any atom is -0.450 e.